The molecule has 4 fully saturated rings. The van der Waals surface area contributed by atoms with Crippen LogP contribution in [0.4, 0.5) is 0 Å². The van der Waals surface area contributed by atoms with Crippen molar-refractivity contribution in [2.45, 2.75) is 36.6 Å². The van der Waals surface area contributed by atoms with Crippen LogP contribution < -0.4 is 0 Å². The molecule has 4 atom stereocenters. The zero-order chi connectivity index (χ0) is 16.5. The van der Waals surface area contributed by atoms with E-state index in [1.165, 1.54) is 0 Å². The van der Waals surface area contributed by atoms with Gasteiger partial charge in [-0.1, -0.05) is 48.6 Å². The van der Waals surface area contributed by atoms with Crippen LogP contribution in [0.25, 0.3) is 0 Å². The van der Waals surface area contributed by atoms with Crippen molar-refractivity contribution >= 4 is 0 Å². The first-order valence-corrected chi connectivity index (χ1v) is 9.18. The average Bonchev–Trinajstić information content (AvgIpc) is 3.50. The zero-order valence-electron chi connectivity index (χ0n) is 14.0. The number of ether oxygens (including phenoxy) is 5. The molecule has 4 aliphatic heterocycles. The Morgan fingerprint density at radius 3 is 1.08 bits per heavy atom. The quantitative estimate of drug-likeness (QED) is 0.542. The van der Waals surface area contributed by atoms with Crippen molar-refractivity contribution in [3.63, 3.8) is 0 Å². The van der Waals surface area contributed by atoms with E-state index in [1.54, 1.807) is 0 Å². The van der Waals surface area contributed by atoms with E-state index in [2.05, 4.69) is 48.6 Å². The van der Waals surface area contributed by atoms with Crippen LogP contribution in [0.2, 0.25) is 0 Å². The van der Waals surface area contributed by atoms with Crippen LogP contribution >= 0.6 is 0 Å². The topological polar surface area (TPSA) is 59.4 Å². The Morgan fingerprint density at radius 2 is 0.840 bits per heavy atom. The fourth-order valence-electron chi connectivity index (χ4n) is 4.27. The predicted molar refractivity (Wildman–Crippen MR) is 89.0 cm³/mol. The van der Waals surface area contributed by atoms with Gasteiger partial charge in [-0.05, 0) is 0 Å². The maximum Gasteiger partial charge on any atom is 0.0961 e. The second-order valence-electron chi connectivity index (χ2n) is 7.79. The second kappa shape index (κ2) is 5.15. The summed E-state index contributed by atoms with van der Waals surface area (Å²) >= 11 is 0. The third kappa shape index (κ3) is 2.49. The number of epoxide rings is 4. The molecule has 2 aliphatic carbocycles. The van der Waals surface area contributed by atoms with Crippen LogP contribution in [-0.4, -0.2) is 63.1 Å². The maximum atomic E-state index is 6.21. The molecule has 0 N–H and O–H groups in total. The molecule has 4 unspecified atom stereocenters. The third-order valence-corrected chi connectivity index (χ3v) is 6.18. The molecule has 6 aliphatic rings. The molecular formula is C20H22O5. The summed E-state index contributed by atoms with van der Waals surface area (Å²) in [5.74, 6) is 0. The van der Waals surface area contributed by atoms with Gasteiger partial charge in [0.15, 0.2) is 0 Å². The van der Waals surface area contributed by atoms with Crippen LogP contribution in [0.5, 0.6) is 0 Å². The first kappa shape index (κ1) is 14.9. The van der Waals surface area contributed by atoms with Crippen molar-refractivity contribution in [2.24, 2.45) is 10.8 Å². The SMILES string of the molecule is C1=CC(C2CO2)(C2CO2)C=CC1OC1C=CC(C2CO2)(C2CO2)C=C1. The van der Waals surface area contributed by atoms with Crippen LogP contribution in [0.15, 0.2) is 48.6 Å². The predicted octanol–water partition coefficient (Wildman–Crippen LogP) is 1.56. The second-order valence-corrected chi connectivity index (χ2v) is 7.79. The van der Waals surface area contributed by atoms with Gasteiger partial charge in [0, 0.05) is 0 Å². The molecule has 4 saturated heterocycles. The van der Waals surface area contributed by atoms with Gasteiger partial charge < -0.3 is 23.7 Å². The Labute approximate surface area is 146 Å². The molecule has 5 heteroatoms. The van der Waals surface area contributed by atoms with Gasteiger partial charge >= 0.3 is 0 Å². The maximum absolute atomic E-state index is 6.21. The highest BCUT2D eigenvalue weighted by Gasteiger charge is 2.56. The third-order valence-electron chi connectivity index (χ3n) is 6.18. The summed E-state index contributed by atoms with van der Waals surface area (Å²) in [6, 6.07) is 0. The van der Waals surface area contributed by atoms with E-state index >= 15 is 0 Å². The van der Waals surface area contributed by atoms with E-state index in [0.717, 1.165) is 26.4 Å². The molecule has 0 amide bonds. The Bertz CT molecular complexity index is 562. The fraction of sp³-hybridized carbons (Fsp3) is 0.600. The van der Waals surface area contributed by atoms with Crippen LogP contribution in [0.3, 0.4) is 0 Å². The van der Waals surface area contributed by atoms with Crippen molar-refractivity contribution in [1.82, 2.24) is 0 Å². The lowest BCUT2D eigenvalue weighted by atomic mass is 9.77. The summed E-state index contributed by atoms with van der Waals surface area (Å²) in [5, 5.41) is 0. The molecule has 0 aromatic carbocycles. The van der Waals surface area contributed by atoms with Gasteiger partial charge in [0.25, 0.3) is 0 Å². The lowest BCUT2D eigenvalue weighted by Gasteiger charge is -2.31. The van der Waals surface area contributed by atoms with E-state index in [4.69, 9.17) is 23.7 Å². The molecule has 6 rings (SSSR count). The number of hydrogen-bond acceptors (Lipinski definition) is 5. The lowest BCUT2D eigenvalue weighted by Crippen LogP contribution is -2.34. The van der Waals surface area contributed by atoms with Crippen LogP contribution in [0, 0.1) is 10.8 Å². The van der Waals surface area contributed by atoms with Crippen molar-refractivity contribution in [2.75, 3.05) is 26.4 Å². The molecule has 132 valence electrons. The first-order valence-electron chi connectivity index (χ1n) is 9.18. The number of rotatable bonds is 6. The highest BCUT2D eigenvalue weighted by Crippen LogP contribution is 2.48. The highest BCUT2D eigenvalue weighted by molar-refractivity contribution is 5.32. The Balaban J connectivity index is 1.13. The molecule has 25 heavy (non-hydrogen) atoms. The summed E-state index contributed by atoms with van der Waals surface area (Å²) in [6.07, 6.45) is 18.5. The van der Waals surface area contributed by atoms with E-state index in [-0.39, 0.29) is 47.5 Å². The Kier molecular flexibility index (Phi) is 3.06. The van der Waals surface area contributed by atoms with Crippen molar-refractivity contribution < 1.29 is 23.7 Å². The average molecular weight is 342 g/mol. The van der Waals surface area contributed by atoms with Crippen LogP contribution in [0.1, 0.15) is 0 Å². The minimum Gasteiger partial charge on any atom is -0.372 e. The smallest absolute Gasteiger partial charge is 0.0961 e. The van der Waals surface area contributed by atoms with Crippen molar-refractivity contribution in [3.8, 4) is 0 Å². The van der Waals surface area contributed by atoms with E-state index < -0.39 is 0 Å². The highest BCUT2D eigenvalue weighted by atomic mass is 16.6. The molecule has 0 aromatic heterocycles. The largest absolute Gasteiger partial charge is 0.372 e. The number of hydrogen-bond donors (Lipinski definition) is 0. The summed E-state index contributed by atoms with van der Waals surface area (Å²) in [5.41, 5.74) is -0.167. The molecule has 5 nitrogen and oxygen atoms in total. The Morgan fingerprint density at radius 1 is 0.560 bits per heavy atom. The first-order chi connectivity index (χ1) is 12.3. The Hall–Kier alpha value is -1.24. The standard InChI is InChI=1S/C20H22O5/c1-5-19(15-9-21-15,16-10-22-16)6-2-13(1)25-14-3-7-20(8-4-14,17-11-23-17)18-12-24-18/h1-8,13-18H,9-12H2. The van der Waals surface area contributed by atoms with E-state index in [9.17, 15) is 0 Å². The monoisotopic (exact) mass is 342 g/mol. The summed E-state index contributed by atoms with van der Waals surface area (Å²) < 4.78 is 28.4. The van der Waals surface area contributed by atoms with Crippen molar-refractivity contribution in [1.29, 1.82) is 0 Å². The molecule has 4 heterocycles. The minimum atomic E-state index is -0.0835. The van der Waals surface area contributed by atoms with Crippen molar-refractivity contribution in [3.05, 3.63) is 48.6 Å². The molecule has 0 aromatic rings. The fourth-order valence-corrected chi connectivity index (χ4v) is 4.27. The van der Waals surface area contributed by atoms with E-state index in [0.29, 0.717) is 0 Å². The lowest BCUT2D eigenvalue weighted by molar-refractivity contribution is 0.0878. The zero-order valence-corrected chi connectivity index (χ0v) is 14.0. The molecule has 0 bridgehead atoms. The van der Waals surface area contributed by atoms with Gasteiger partial charge in [-0.25, -0.2) is 0 Å². The van der Waals surface area contributed by atoms with Gasteiger partial charge in [0.1, 0.15) is 0 Å². The van der Waals surface area contributed by atoms with Gasteiger partial charge in [-0.2, -0.15) is 0 Å². The normalized spacial score (nSPS) is 54.6. The summed E-state index contributed by atoms with van der Waals surface area (Å²) in [6.45, 7) is 3.29. The summed E-state index contributed by atoms with van der Waals surface area (Å²) in [7, 11) is 0. The summed E-state index contributed by atoms with van der Waals surface area (Å²) in [4.78, 5) is 0. The molecule has 0 radical (unpaired) electrons. The molecular weight excluding hydrogens is 320 g/mol. The molecule has 0 spiro atoms. The minimum absolute atomic E-state index is 0.0215. The van der Waals surface area contributed by atoms with Gasteiger partial charge in [0.2, 0.25) is 0 Å². The van der Waals surface area contributed by atoms with Crippen LogP contribution in [-0.2, 0) is 23.7 Å². The van der Waals surface area contributed by atoms with Gasteiger partial charge in [0.05, 0.1) is 73.9 Å². The molecule has 0 saturated carbocycles. The van der Waals surface area contributed by atoms with Gasteiger partial charge in [-0.3, -0.25) is 0 Å². The van der Waals surface area contributed by atoms with Gasteiger partial charge in [-0.15, -0.1) is 0 Å². The van der Waals surface area contributed by atoms with E-state index in [1.807, 2.05) is 0 Å².